The lowest BCUT2D eigenvalue weighted by Crippen LogP contribution is -2.11. The molecular formula is C21H17N3O. The number of carbonyl (C=O) groups is 1. The van der Waals surface area contributed by atoms with Crippen LogP contribution in [0.25, 0.3) is 0 Å². The molecule has 1 amide bonds. The highest BCUT2D eigenvalue weighted by Gasteiger charge is 2.05. The lowest BCUT2D eigenvalue weighted by molar-refractivity contribution is 0.102. The van der Waals surface area contributed by atoms with Crippen LogP contribution in [-0.4, -0.2) is 5.91 Å². The maximum absolute atomic E-state index is 12.2. The lowest BCUT2D eigenvalue weighted by atomic mass is 10.1. The third kappa shape index (κ3) is 4.24. The fourth-order valence-electron chi connectivity index (χ4n) is 2.38. The molecule has 3 aromatic rings. The summed E-state index contributed by atoms with van der Waals surface area (Å²) in [5.74, 6) is -0.137. The quantitative estimate of drug-likeness (QED) is 0.719. The minimum atomic E-state index is -0.137. The summed E-state index contributed by atoms with van der Waals surface area (Å²) in [5.41, 5.74) is 4.79. The van der Waals surface area contributed by atoms with Crippen molar-refractivity contribution in [2.45, 2.75) is 6.92 Å². The molecule has 0 bridgehead atoms. The molecule has 3 aromatic carbocycles. The second-order valence-electron chi connectivity index (χ2n) is 5.72. The summed E-state index contributed by atoms with van der Waals surface area (Å²) in [5, 5.41) is 15.1. The summed E-state index contributed by atoms with van der Waals surface area (Å²) in [4.78, 5) is 12.2. The number of aryl methyl sites for hydroxylation is 1. The van der Waals surface area contributed by atoms with Gasteiger partial charge in [0.15, 0.2) is 0 Å². The van der Waals surface area contributed by atoms with Crippen molar-refractivity contribution in [3.05, 3.63) is 89.5 Å². The van der Waals surface area contributed by atoms with E-state index in [0.717, 1.165) is 22.6 Å². The topological polar surface area (TPSA) is 64.9 Å². The van der Waals surface area contributed by atoms with Crippen molar-refractivity contribution in [1.29, 1.82) is 5.26 Å². The molecule has 0 unspecified atom stereocenters. The Morgan fingerprint density at radius 1 is 0.880 bits per heavy atom. The molecule has 122 valence electrons. The van der Waals surface area contributed by atoms with Gasteiger partial charge in [0.05, 0.1) is 11.6 Å². The molecule has 0 radical (unpaired) electrons. The molecule has 3 rings (SSSR count). The number of nitrogens with one attached hydrogen (secondary N) is 2. The van der Waals surface area contributed by atoms with Gasteiger partial charge in [-0.05, 0) is 61.5 Å². The van der Waals surface area contributed by atoms with Gasteiger partial charge in [0.1, 0.15) is 0 Å². The van der Waals surface area contributed by atoms with Gasteiger partial charge in [-0.2, -0.15) is 5.26 Å². The second kappa shape index (κ2) is 7.33. The standard InChI is InChI=1S/C21H17N3O/c1-15-5-7-17(8-6-15)21(25)24-19-11-9-18(10-12-19)23-20-4-2-3-16(13-20)14-22/h2-13,23H,1H3,(H,24,25). The highest BCUT2D eigenvalue weighted by Crippen LogP contribution is 2.20. The van der Waals surface area contributed by atoms with Crippen LogP contribution in [0.2, 0.25) is 0 Å². The SMILES string of the molecule is Cc1ccc(C(=O)Nc2ccc(Nc3cccc(C#N)c3)cc2)cc1. The molecule has 0 aromatic heterocycles. The van der Waals surface area contributed by atoms with Gasteiger partial charge in [0.2, 0.25) is 0 Å². The Morgan fingerprint density at radius 2 is 1.56 bits per heavy atom. The van der Waals surface area contributed by atoms with E-state index in [1.165, 1.54) is 0 Å². The zero-order chi connectivity index (χ0) is 17.6. The Bertz CT molecular complexity index is 923. The number of hydrogen-bond donors (Lipinski definition) is 2. The molecule has 0 spiro atoms. The molecule has 0 aliphatic rings. The van der Waals surface area contributed by atoms with E-state index < -0.39 is 0 Å². The van der Waals surface area contributed by atoms with Crippen LogP contribution in [0.4, 0.5) is 17.1 Å². The molecule has 25 heavy (non-hydrogen) atoms. The van der Waals surface area contributed by atoms with E-state index in [4.69, 9.17) is 5.26 Å². The van der Waals surface area contributed by atoms with Crippen LogP contribution in [-0.2, 0) is 0 Å². The summed E-state index contributed by atoms with van der Waals surface area (Å²) in [7, 11) is 0. The number of benzene rings is 3. The van der Waals surface area contributed by atoms with E-state index in [1.54, 1.807) is 12.1 Å². The van der Waals surface area contributed by atoms with Crippen molar-refractivity contribution in [2.24, 2.45) is 0 Å². The van der Waals surface area contributed by atoms with Crippen LogP contribution < -0.4 is 10.6 Å². The van der Waals surface area contributed by atoms with Gasteiger partial charge in [0.25, 0.3) is 5.91 Å². The zero-order valence-corrected chi connectivity index (χ0v) is 13.8. The summed E-state index contributed by atoms with van der Waals surface area (Å²) < 4.78 is 0. The van der Waals surface area contributed by atoms with Crippen molar-refractivity contribution in [3.8, 4) is 6.07 Å². The molecule has 4 heteroatoms. The predicted octanol–water partition coefficient (Wildman–Crippen LogP) is 4.86. The number of rotatable bonds is 4. The van der Waals surface area contributed by atoms with E-state index in [1.807, 2.05) is 67.6 Å². The highest BCUT2D eigenvalue weighted by molar-refractivity contribution is 6.04. The Labute approximate surface area is 146 Å². The fourth-order valence-corrected chi connectivity index (χ4v) is 2.38. The molecular weight excluding hydrogens is 310 g/mol. The smallest absolute Gasteiger partial charge is 0.255 e. The molecule has 0 saturated heterocycles. The molecule has 0 atom stereocenters. The molecule has 0 aliphatic carbocycles. The van der Waals surface area contributed by atoms with Crippen LogP contribution in [0.1, 0.15) is 21.5 Å². The van der Waals surface area contributed by atoms with Gasteiger partial charge >= 0.3 is 0 Å². The van der Waals surface area contributed by atoms with Crippen LogP contribution in [0.3, 0.4) is 0 Å². The van der Waals surface area contributed by atoms with E-state index in [-0.39, 0.29) is 5.91 Å². The maximum Gasteiger partial charge on any atom is 0.255 e. The van der Waals surface area contributed by atoms with Crippen molar-refractivity contribution in [1.82, 2.24) is 0 Å². The average Bonchev–Trinajstić information content (AvgIpc) is 2.64. The third-order valence-electron chi connectivity index (χ3n) is 3.74. The van der Waals surface area contributed by atoms with Gasteiger partial charge in [-0.3, -0.25) is 4.79 Å². The fraction of sp³-hybridized carbons (Fsp3) is 0.0476. The Balaban J connectivity index is 1.66. The predicted molar refractivity (Wildman–Crippen MR) is 100 cm³/mol. The number of nitriles is 1. The van der Waals surface area contributed by atoms with Gasteiger partial charge in [-0.15, -0.1) is 0 Å². The molecule has 0 heterocycles. The van der Waals surface area contributed by atoms with Crippen LogP contribution in [0, 0.1) is 18.3 Å². The molecule has 0 saturated carbocycles. The van der Waals surface area contributed by atoms with Gasteiger partial charge in [-0.1, -0.05) is 23.8 Å². The van der Waals surface area contributed by atoms with Crippen molar-refractivity contribution in [3.63, 3.8) is 0 Å². The van der Waals surface area contributed by atoms with E-state index in [2.05, 4.69) is 16.7 Å². The normalized spacial score (nSPS) is 9.92. The molecule has 2 N–H and O–H groups in total. The number of anilines is 3. The lowest BCUT2D eigenvalue weighted by Gasteiger charge is -2.09. The summed E-state index contributed by atoms with van der Waals surface area (Å²) >= 11 is 0. The Kier molecular flexibility index (Phi) is 4.77. The zero-order valence-electron chi connectivity index (χ0n) is 13.8. The Morgan fingerprint density at radius 3 is 2.24 bits per heavy atom. The molecule has 0 aliphatic heterocycles. The van der Waals surface area contributed by atoms with Crippen molar-refractivity contribution >= 4 is 23.0 Å². The van der Waals surface area contributed by atoms with Crippen molar-refractivity contribution in [2.75, 3.05) is 10.6 Å². The highest BCUT2D eigenvalue weighted by atomic mass is 16.1. The first-order valence-corrected chi connectivity index (χ1v) is 7.89. The number of nitrogens with zero attached hydrogens (tertiary/aromatic N) is 1. The van der Waals surface area contributed by atoms with Crippen LogP contribution >= 0.6 is 0 Å². The molecule has 4 nitrogen and oxygen atoms in total. The van der Waals surface area contributed by atoms with Gasteiger partial charge in [0, 0.05) is 22.6 Å². The first-order chi connectivity index (χ1) is 12.1. The van der Waals surface area contributed by atoms with E-state index in [0.29, 0.717) is 11.1 Å². The molecule has 0 fully saturated rings. The summed E-state index contributed by atoms with van der Waals surface area (Å²) in [6.45, 7) is 1.99. The largest absolute Gasteiger partial charge is 0.355 e. The minimum Gasteiger partial charge on any atom is -0.355 e. The van der Waals surface area contributed by atoms with Gasteiger partial charge in [-0.25, -0.2) is 0 Å². The van der Waals surface area contributed by atoms with Gasteiger partial charge < -0.3 is 10.6 Å². The van der Waals surface area contributed by atoms with Crippen LogP contribution in [0.15, 0.2) is 72.8 Å². The number of hydrogen-bond acceptors (Lipinski definition) is 3. The summed E-state index contributed by atoms with van der Waals surface area (Å²) in [6, 6.07) is 24.3. The first-order valence-electron chi connectivity index (χ1n) is 7.89. The Hall–Kier alpha value is -3.58. The van der Waals surface area contributed by atoms with Crippen LogP contribution in [0.5, 0.6) is 0 Å². The number of amides is 1. The average molecular weight is 327 g/mol. The summed E-state index contributed by atoms with van der Waals surface area (Å²) in [6.07, 6.45) is 0. The number of carbonyl (C=O) groups excluding carboxylic acids is 1. The monoisotopic (exact) mass is 327 g/mol. The maximum atomic E-state index is 12.2. The minimum absolute atomic E-state index is 0.137. The third-order valence-corrected chi connectivity index (χ3v) is 3.74. The first kappa shape index (κ1) is 16.3. The van der Waals surface area contributed by atoms with Crippen molar-refractivity contribution < 1.29 is 4.79 Å². The van der Waals surface area contributed by atoms with E-state index in [9.17, 15) is 4.79 Å². The second-order valence-corrected chi connectivity index (χ2v) is 5.72. The van der Waals surface area contributed by atoms with E-state index >= 15 is 0 Å².